The molecular formula is C121H179N3O12. The van der Waals surface area contributed by atoms with Crippen LogP contribution in [0.1, 0.15) is 375 Å². The van der Waals surface area contributed by atoms with E-state index in [0.29, 0.717) is 71.5 Å². The molecule has 1 atom stereocenters. The summed E-state index contributed by atoms with van der Waals surface area (Å²) in [5.74, 6) is 13.2. The Balaban J connectivity index is 0.000000157. The van der Waals surface area contributed by atoms with Crippen LogP contribution in [0, 0.1) is 33.5 Å². The lowest BCUT2D eigenvalue weighted by molar-refractivity contribution is 0.0434. The third kappa shape index (κ3) is 34.5. The zero-order valence-electron chi connectivity index (χ0n) is 91.2. The number of ether oxygens (including phenoxy) is 7. The normalized spacial score (nSPS) is 20.9. The van der Waals surface area contributed by atoms with Crippen LogP contribution < -0.4 is 49.1 Å². The molecule has 5 saturated carbocycles. The van der Waals surface area contributed by atoms with Gasteiger partial charge >= 0.3 is 0 Å². The fraction of sp³-hybridized carbons (Fsp3) is 0.620. The summed E-state index contributed by atoms with van der Waals surface area (Å²) in [7, 11) is 0. The van der Waals surface area contributed by atoms with Crippen LogP contribution in [0.2, 0.25) is 0 Å². The quantitative estimate of drug-likeness (QED) is 0.0621. The van der Waals surface area contributed by atoms with Crippen LogP contribution in [-0.2, 0) is 27.1 Å². The molecule has 5 heterocycles. The number of hydrogen-bond acceptors (Lipinski definition) is 15. The highest BCUT2D eigenvalue weighted by Crippen LogP contribution is 2.45. The monoisotopic (exact) mass is 1870 g/mol. The van der Waals surface area contributed by atoms with Gasteiger partial charge in [-0.1, -0.05) is 193 Å². The van der Waals surface area contributed by atoms with Gasteiger partial charge in [0.25, 0.3) is 0 Å². The summed E-state index contributed by atoms with van der Waals surface area (Å²) in [6.07, 6.45) is 17.9. The van der Waals surface area contributed by atoms with Crippen LogP contribution in [0.15, 0.2) is 168 Å². The molecule has 11 aromatic rings. The minimum Gasteiger partial charge on any atom is -0.493 e. The lowest BCUT2D eigenvalue weighted by atomic mass is 9.73. The maximum atomic E-state index is 6.14. The van der Waals surface area contributed by atoms with Gasteiger partial charge in [-0.25, -0.2) is 0 Å². The number of nitrogens with one attached hydrogen (secondary N) is 3. The average molecular weight is 1870 g/mol. The van der Waals surface area contributed by atoms with E-state index in [1.54, 1.807) is 0 Å². The van der Waals surface area contributed by atoms with Crippen molar-refractivity contribution < 1.29 is 55.2 Å². The Hall–Kier alpha value is -8.50. The Bertz CT molecular complexity index is 5120. The van der Waals surface area contributed by atoms with E-state index >= 15 is 0 Å². The summed E-state index contributed by atoms with van der Waals surface area (Å²) in [6, 6.07) is 51.2. The first kappa shape index (κ1) is 108. The molecule has 15 nitrogen and oxygen atoms in total. The zero-order valence-corrected chi connectivity index (χ0v) is 91.2. The molecule has 0 spiro atoms. The second-order valence-electron chi connectivity index (χ2n) is 53.7. The molecule has 15 heteroatoms. The molecule has 16 rings (SSSR count). The molecule has 750 valence electrons. The van der Waals surface area contributed by atoms with Gasteiger partial charge in [-0.2, -0.15) is 0 Å². The molecule has 0 amide bonds. The lowest BCUT2D eigenvalue weighted by Gasteiger charge is -2.40. The van der Waals surface area contributed by atoms with Crippen molar-refractivity contribution >= 4 is 54.8 Å². The van der Waals surface area contributed by atoms with Gasteiger partial charge in [-0.15, -0.1) is 0 Å². The van der Waals surface area contributed by atoms with E-state index in [2.05, 4.69) is 345 Å². The highest BCUT2D eigenvalue weighted by molar-refractivity contribution is 5.83. The molecule has 5 aliphatic carbocycles. The molecule has 0 aliphatic heterocycles. The van der Waals surface area contributed by atoms with E-state index in [1.165, 1.54) is 38.5 Å². The van der Waals surface area contributed by atoms with Gasteiger partial charge in [0.1, 0.15) is 115 Å². The van der Waals surface area contributed by atoms with Crippen molar-refractivity contribution in [3.63, 3.8) is 0 Å². The predicted octanol–water partition coefficient (Wildman–Crippen LogP) is 33.4. The molecule has 5 fully saturated rings. The molecule has 5 aliphatic rings. The number of rotatable bonds is 21. The van der Waals surface area contributed by atoms with E-state index in [9.17, 15) is 0 Å². The summed E-state index contributed by atoms with van der Waals surface area (Å²) < 4.78 is 72.3. The van der Waals surface area contributed by atoms with Gasteiger partial charge in [0.15, 0.2) is 0 Å². The van der Waals surface area contributed by atoms with Crippen molar-refractivity contribution in [2.45, 2.75) is 445 Å². The topological polar surface area (TPSA) is 166 Å². The van der Waals surface area contributed by atoms with Crippen LogP contribution in [0.4, 0.5) is 0 Å². The molecule has 3 N–H and O–H groups in total. The van der Waals surface area contributed by atoms with E-state index in [4.69, 9.17) is 55.2 Å². The maximum absolute atomic E-state index is 6.14. The van der Waals surface area contributed by atoms with E-state index in [-0.39, 0.29) is 55.2 Å². The summed E-state index contributed by atoms with van der Waals surface area (Å²) in [6.45, 7) is 82.5. The fourth-order valence-electron chi connectivity index (χ4n) is 17.9. The third-order valence-corrected chi connectivity index (χ3v) is 25.2. The van der Waals surface area contributed by atoms with Gasteiger partial charge in [0.2, 0.25) is 0 Å². The largest absolute Gasteiger partial charge is 0.493 e. The van der Waals surface area contributed by atoms with Crippen molar-refractivity contribution in [3.8, 4) is 40.2 Å². The second-order valence-corrected chi connectivity index (χ2v) is 53.7. The third-order valence-electron chi connectivity index (χ3n) is 25.2. The van der Waals surface area contributed by atoms with Crippen LogP contribution in [0.3, 0.4) is 0 Å². The Morgan fingerprint density at radius 1 is 0.272 bits per heavy atom. The zero-order chi connectivity index (χ0) is 100. The molecular weight excluding hydrogens is 1690 g/mol. The fourth-order valence-corrected chi connectivity index (χ4v) is 17.9. The van der Waals surface area contributed by atoms with Gasteiger partial charge in [-0.3, -0.25) is 0 Å². The Morgan fingerprint density at radius 2 is 0.544 bits per heavy atom. The Labute approximate surface area is 820 Å². The molecule has 136 heavy (non-hydrogen) atoms. The summed E-state index contributed by atoms with van der Waals surface area (Å²) in [4.78, 5) is 0. The first-order valence-electron chi connectivity index (χ1n) is 51.3. The number of benzene rings is 6. The minimum atomic E-state index is 0.0276. The smallest absolute Gasteiger partial charge is 0.137 e. The van der Waals surface area contributed by atoms with Crippen LogP contribution in [-0.4, -0.2) is 78.0 Å². The molecule has 6 aromatic carbocycles. The maximum Gasteiger partial charge on any atom is 0.137 e. The van der Waals surface area contributed by atoms with Crippen molar-refractivity contribution in [2.75, 3.05) is 6.61 Å². The molecule has 0 radical (unpaired) electrons. The summed E-state index contributed by atoms with van der Waals surface area (Å²) >= 11 is 0. The number of hydrogen-bond donors (Lipinski definition) is 3. The van der Waals surface area contributed by atoms with Crippen molar-refractivity contribution in [1.82, 2.24) is 16.0 Å². The Kier molecular flexibility index (Phi) is 33.7. The highest BCUT2D eigenvalue weighted by Gasteiger charge is 2.39. The number of furan rings is 5. The van der Waals surface area contributed by atoms with E-state index in [0.717, 1.165) is 187 Å². The summed E-state index contributed by atoms with van der Waals surface area (Å²) in [5, 5.41) is 16.6. The van der Waals surface area contributed by atoms with E-state index in [1.807, 2.05) is 72.8 Å². The van der Waals surface area contributed by atoms with Gasteiger partial charge < -0.3 is 71.2 Å². The van der Waals surface area contributed by atoms with Crippen LogP contribution in [0.25, 0.3) is 54.8 Å². The average Bonchev–Trinajstić information content (AvgIpc) is 1.66. The molecule has 0 saturated heterocycles. The molecule has 5 aromatic heterocycles. The van der Waals surface area contributed by atoms with Crippen LogP contribution >= 0.6 is 0 Å². The first-order chi connectivity index (χ1) is 62.5. The van der Waals surface area contributed by atoms with Gasteiger partial charge in [0.05, 0.1) is 24.9 Å². The standard InChI is InChI=1S/2C21H30O2.2C20H29NO2.C20H30O2.C19H31NO2/c2*1-20(2,3)13-14-9-17(10-14)22-16-8-7-15-11-19(21(4,5)6)23-18(15)12-16;2*1-19(2,3)18-10-13-9-15(7-8-17(13)23-18)22-16-11-14(12-16)21-20(4,5)6;1-14(10-11-19(2,3)4)21-16-9-8-15-12-18(20(5,6)7)22-17(15)13-16;1-18(2,3)13-21-15-8-7-9-16(12-15)22-17-10-14(11-17)20-19(4,5)6/h2*7-8,11-12,14,17H,9-10,13H2,1-6H3;2*7-10,14,16,21H,11-12H2,1-6H3;8-9,12-14H,10-11H2,1-7H3;7-9,12,14,17,20H,10-11,13H2,1-6H3. The van der Waals surface area contributed by atoms with E-state index < -0.39 is 0 Å². The van der Waals surface area contributed by atoms with Crippen molar-refractivity contribution in [2.24, 2.45) is 33.5 Å². The predicted molar refractivity (Wildman–Crippen MR) is 568 cm³/mol. The lowest BCUT2D eigenvalue weighted by Crippen LogP contribution is -2.53. The molecule has 0 bridgehead atoms. The summed E-state index contributed by atoms with van der Waals surface area (Å²) in [5.41, 5.74) is 6.67. The van der Waals surface area contributed by atoms with Gasteiger partial charge in [0, 0.05) is 113 Å². The second kappa shape index (κ2) is 42.5. The van der Waals surface area contributed by atoms with Crippen molar-refractivity contribution in [3.05, 3.63) is 174 Å². The number of fused-ring (bicyclic) bond motifs is 5. The Morgan fingerprint density at radius 3 is 0.846 bits per heavy atom. The van der Waals surface area contributed by atoms with Gasteiger partial charge in [-0.05, 0) is 308 Å². The highest BCUT2D eigenvalue weighted by atomic mass is 16.5. The van der Waals surface area contributed by atoms with Crippen molar-refractivity contribution in [1.29, 1.82) is 0 Å². The SMILES string of the molecule is CC(C)(C)CC1CC(Oc2ccc3cc(C(C)(C)C)oc3c2)C1.CC(C)(C)CC1CC(Oc2ccc3cc(C(C)(C)C)oc3c2)C1.CC(C)(C)COc1cccc(OC2CC(NC(C)(C)C)C2)c1.CC(C)(C)NC1CC(Oc2ccc3oc(C(C)(C)C)cc3c2)C1.CC(C)(C)NC1CC(Oc2ccc3oc(C(C)(C)C)cc3c2)C1.CC(CCC(C)(C)C)Oc1ccc2cc(C(C)(C)C)oc2c1. The first-order valence-corrected chi connectivity index (χ1v) is 51.3. The molecule has 1 unspecified atom stereocenters. The minimum absolute atomic E-state index is 0.0276. The van der Waals surface area contributed by atoms with Crippen LogP contribution in [0.5, 0.6) is 40.2 Å².